The van der Waals surface area contributed by atoms with Crippen LogP contribution in [0.1, 0.15) is 99.9 Å². The maximum atomic E-state index is 14.6. The molecule has 426 valence electrons. The molecular weight excluding hydrogens is 1010 g/mol. The molecule has 0 bridgehead atoms. The average Bonchev–Trinajstić information content (AvgIpc) is 3.42. The van der Waals surface area contributed by atoms with Crippen molar-refractivity contribution in [1.82, 2.24) is 19.6 Å². The summed E-state index contributed by atoms with van der Waals surface area (Å²) in [5.74, 6) is -1.20. The van der Waals surface area contributed by atoms with Gasteiger partial charge >= 0.3 is 12.2 Å². The summed E-state index contributed by atoms with van der Waals surface area (Å²) < 4.78 is 39.1. The number of hydrogen-bond acceptors (Lipinski definition) is 8. The Morgan fingerprint density at radius 2 is 0.963 bits per heavy atom. The van der Waals surface area contributed by atoms with Crippen LogP contribution >= 0.6 is 0 Å². The minimum absolute atomic E-state index is 0.0454. The predicted molar refractivity (Wildman–Crippen MR) is 308 cm³/mol. The van der Waals surface area contributed by atoms with Gasteiger partial charge in [0, 0.05) is 45.9 Å². The van der Waals surface area contributed by atoms with E-state index >= 15 is 0 Å². The zero-order valence-electron chi connectivity index (χ0n) is 47.7. The number of amides is 4. The van der Waals surface area contributed by atoms with E-state index < -0.39 is 41.5 Å². The van der Waals surface area contributed by atoms with E-state index in [1.807, 2.05) is 168 Å². The van der Waals surface area contributed by atoms with Crippen LogP contribution in [0.2, 0.25) is 0 Å². The molecule has 6 aromatic rings. The van der Waals surface area contributed by atoms with E-state index in [9.17, 15) is 33.1 Å². The van der Waals surface area contributed by atoms with E-state index in [-0.39, 0.29) is 49.1 Å². The largest absolute Gasteiger partial charge is 0.444 e. The molecule has 2 aliphatic heterocycles. The van der Waals surface area contributed by atoms with Gasteiger partial charge in [-0.25, -0.2) is 18.4 Å². The van der Waals surface area contributed by atoms with Crippen LogP contribution in [0.4, 0.5) is 18.4 Å². The highest BCUT2D eigenvalue weighted by Crippen LogP contribution is 2.27. The van der Waals surface area contributed by atoms with Crippen LogP contribution in [0.15, 0.2) is 158 Å². The second-order valence-electron chi connectivity index (χ2n) is 23.0. The minimum Gasteiger partial charge on any atom is -0.444 e. The Kier molecular flexibility index (Phi) is 22.5. The minimum atomic E-state index is -1.18. The Morgan fingerprint density at radius 3 is 1.41 bits per heavy atom. The van der Waals surface area contributed by atoms with Crippen LogP contribution in [0, 0.1) is 23.5 Å². The Morgan fingerprint density at radius 1 is 0.550 bits per heavy atom. The second kappa shape index (κ2) is 29.2. The van der Waals surface area contributed by atoms with Crippen molar-refractivity contribution in [1.29, 1.82) is 0 Å². The number of carbonyl (C=O) groups is 4. The van der Waals surface area contributed by atoms with Gasteiger partial charge in [0.05, 0.1) is 6.10 Å². The van der Waals surface area contributed by atoms with E-state index in [0.29, 0.717) is 52.0 Å². The molecule has 14 heteroatoms. The highest BCUT2D eigenvalue weighted by atomic mass is 19.1. The van der Waals surface area contributed by atoms with E-state index in [0.717, 1.165) is 45.4 Å². The maximum absolute atomic E-state index is 14.6. The van der Waals surface area contributed by atoms with Crippen LogP contribution in [-0.4, -0.2) is 116 Å². The zero-order valence-corrected chi connectivity index (χ0v) is 47.7. The van der Waals surface area contributed by atoms with Gasteiger partial charge in [0.25, 0.3) is 0 Å². The molecule has 2 aliphatic rings. The van der Waals surface area contributed by atoms with Gasteiger partial charge in [0.2, 0.25) is 11.8 Å². The van der Waals surface area contributed by atoms with Crippen LogP contribution in [0.25, 0.3) is 0 Å². The van der Waals surface area contributed by atoms with E-state index in [2.05, 4.69) is 0 Å². The summed E-state index contributed by atoms with van der Waals surface area (Å²) in [7, 11) is 0. The van der Waals surface area contributed by atoms with Gasteiger partial charge in [-0.15, -0.1) is 0 Å². The number of rotatable bonds is 15. The van der Waals surface area contributed by atoms with Crippen molar-refractivity contribution in [3.8, 4) is 0 Å². The number of halogens is 2. The molecule has 2 saturated heterocycles. The molecule has 8 rings (SSSR count). The summed E-state index contributed by atoms with van der Waals surface area (Å²) in [4.78, 5) is 57.3. The van der Waals surface area contributed by atoms with E-state index in [1.54, 1.807) is 42.7 Å². The average molecular weight is 1100 g/mol. The number of ether oxygens (including phenoxy) is 2. The number of carbonyl (C=O) groups excluding carboxylic acids is 4. The Hall–Kier alpha value is -7.42. The normalized spacial score (nSPS) is 15.9. The lowest BCUT2D eigenvalue weighted by Crippen LogP contribution is -2.64. The summed E-state index contributed by atoms with van der Waals surface area (Å²) in [5.41, 5.74) is 6.51. The summed E-state index contributed by atoms with van der Waals surface area (Å²) in [6.07, 6.45) is 0.132. The van der Waals surface area contributed by atoms with Crippen LogP contribution < -0.4 is 0 Å². The molecule has 0 aliphatic carbocycles. The van der Waals surface area contributed by atoms with Gasteiger partial charge in [-0.2, -0.15) is 0 Å². The smallest absolute Gasteiger partial charge is 0.411 e. The molecule has 4 amide bonds. The highest BCUT2D eigenvalue weighted by molar-refractivity contribution is 5.88. The quantitative estimate of drug-likeness (QED) is 0.104. The zero-order chi connectivity index (χ0) is 58.0. The molecular formula is C66H80F2N4O8. The summed E-state index contributed by atoms with van der Waals surface area (Å²) in [5, 5.41) is 20.6. The molecule has 0 spiro atoms. The van der Waals surface area contributed by atoms with Crippen molar-refractivity contribution in [3.05, 3.63) is 214 Å². The standard InChI is InChI=1S/C33H39FN2O4.C17H19FO.C16H22N2O3/c1-23(17-26-19-27(21-28(34)20-26)18-24-11-7-5-8-12-24)30(37)29-31(38)35(22-25-13-9-6-10-14-25)15-16-36(29)32(39)40-33(2,3)4;1-13(12-19)7-15-9-16(11-17(18)10-15)8-14-5-3-2-4-6-14;1-16(2,3)21-15(20)18-10-9-17(14(19)12-18)11-13-7-5-4-6-8-13/h5-14,19-21,23,29-30,37H,15-18,22H2,1-4H3;2-6,9-11,13,19H,7-8,12H2,1H3;4-8H,9-12H2,1-3H3/t23-,29?,30?;13-;/m00./s1. The van der Waals surface area contributed by atoms with E-state index in [4.69, 9.17) is 14.6 Å². The van der Waals surface area contributed by atoms with Crippen molar-refractivity contribution in [3.63, 3.8) is 0 Å². The molecule has 0 saturated carbocycles. The van der Waals surface area contributed by atoms with Crippen molar-refractivity contribution in [2.45, 2.75) is 118 Å². The van der Waals surface area contributed by atoms with Crippen molar-refractivity contribution in [2.24, 2.45) is 11.8 Å². The topological polar surface area (TPSA) is 140 Å². The Labute approximate surface area is 471 Å². The molecule has 4 atom stereocenters. The lowest BCUT2D eigenvalue weighted by atomic mass is 9.88. The Balaban J connectivity index is 0.000000216. The number of nitrogens with zero attached hydrogens (tertiary/aromatic N) is 4. The first-order chi connectivity index (χ1) is 38.0. The fourth-order valence-corrected chi connectivity index (χ4v) is 9.58. The van der Waals surface area contributed by atoms with Gasteiger partial charge in [0.15, 0.2) is 0 Å². The van der Waals surface area contributed by atoms with Gasteiger partial charge in [-0.05, 0) is 148 Å². The molecule has 2 N–H and O–H groups in total. The predicted octanol–water partition coefficient (Wildman–Crippen LogP) is 11.5. The molecule has 80 heavy (non-hydrogen) atoms. The third-order valence-electron chi connectivity index (χ3n) is 13.4. The number of aliphatic hydroxyl groups excluding tert-OH is 2. The van der Waals surface area contributed by atoms with Gasteiger partial charge in [-0.3, -0.25) is 19.4 Å². The lowest BCUT2D eigenvalue weighted by Gasteiger charge is -2.43. The summed E-state index contributed by atoms with van der Waals surface area (Å²) in [6.45, 7) is 17.3. The first-order valence-electron chi connectivity index (χ1n) is 27.6. The van der Waals surface area contributed by atoms with Crippen LogP contribution in [0.5, 0.6) is 0 Å². The molecule has 0 aromatic heterocycles. The summed E-state index contributed by atoms with van der Waals surface area (Å²) >= 11 is 0. The highest BCUT2D eigenvalue weighted by Gasteiger charge is 2.45. The van der Waals surface area contributed by atoms with E-state index in [1.165, 1.54) is 27.5 Å². The second-order valence-corrected chi connectivity index (χ2v) is 23.0. The number of aliphatic hydroxyl groups is 2. The fraction of sp³-hybridized carbons (Fsp3) is 0.394. The van der Waals surface area contributed by atoms with Crippen molar-refractivity contribution in [2.75, 3.05) is 39.3 Å². The van der Waals surface area contributed by atoms with Crippen LogP contribution in [0.3, 0.4) is 0 Å². The third kappa shape index (κ3) is 20.0. The molecule has 0 radical (unpaired) electrons. The summed E-state index contributed by atoms with van der Waals surface area (Å²) in [6, 6.07) is 48.3. The first-order valence-corrected chi connectivity index (χ1v) is 27.6. The monoisotopic (exact) mass is 1090 g/mol. The molecule has 2 fully saturated rings. The van der Waals surface area contributed by atoms with Gasteiger partial charge in [-0.1, -0.05) is 147 Å². The van der Waals surface area contributed by atoms with Gasteiger partial charge in [0.1, 0.15) is 35.4 Å². The lowest BCUT2D eigenvalue weighted by molar-refractivity contribution is -0.149. The number of piperazine rings is 2. The Bertz CT molecular complexity index is 2920. The molecule has 6 aromatic carbocycles. The number of benzene rings is 6. The fourth-order valence-electron chi connectivity index (χ4n) is 9.58. The molecule has 2 heterocycles. The van der Waals surface area contributed by atoms with Crippen LogP contribution in [-0.2, 0) is 57.8 Å². The van der Waals surface area contributed by atoms with Crippen molar-refractivity contribution < 1.29 is 47.6 Å². The molecule has 2 unspecified atom stereocenters. The first kappa shape index (κ1) is 61.8. The third-order valence-corrected chi connectivity index (χ3v) is 13.4. The number of hydrogen-bond donors (Lipinski definition) is 2. The van der Waals surface area contributed by atoms with Gasteiger partial charge < -0.3 is 29.5 Å². The molecule has 12 nitrogen and oxygen atoms in total. The SMILES string of the molecule is CC(C)(C)OC(=O)N1CCN(Cc2ccccc2)C(=O)C1.C[C@@H](Cc1cc(F)cc(Cc2ccccc2)c1)C(O)C1C(=O)N(Cc2ccccc2)CCN1C(=O)OC(C)(C)C.C[C@H](CO)Cc1cc(F)cc(Cc2ccccc2)c1. The maximum Gasteiger partial charge on any atom is 0.411 e. The van der Waals surface area contributed by atoms with Crippen molar-refractivity contribution >= 4 is 24.0 Å².